The Labute approximate surface area is 75.4 Å². The zero-order valence-corrected chi connectivity index (χ0v) is 8.05. The maximum atomic E-state index is 8.74. The number of hydrogen-bond donors (Lipinski definition) is 2. The zero-order chi connectivity index (χ0) is 8.81. The van der Waals surface area contributed by atoms with E-state index in [0.29, 0.717) is 0 Å². The Balaban J connectivity index is 1.82. The van der Waals surface area contributed by atoms with Gasteiger partial charge >= 0.3 is 0 Å². The quantitative estimate of drug-likeness (QED) is 0.594. The van der Waals surface area contributed by atoms with E-state index in [1.165, 1.54) is 32.1 Å². The third-order valence-corrected chi connectivity index (χ3v) is 2.78. The average Bonchev–Trinajstić information content (AvgIpc) is 2.00. The van der Waals surface area contributed by atoms with Gasteiger partial charge in [-0.15, -0.1) is 0 Å². The van der Waals surface area contributed by atoms with E-state index in [9.17, 15) is 0 Å². The van der Waals surface area contributed by atoms with Crippen LogP contribution >= 0.6 is 0 Å². The minimum absolute atomic E-state index is 0.253. The molecule has 2 N–H and O–H groups in total. The first-order valence-corrected chi connectivity index (χ1v) is 5.17. The van der Waals surface area contributed by atoms with Crippen molar-refractivity contribution in [3.05, 3.63) is 0 Å². The van der Waals surface area contributed by atoms with Crippen molar-refractivity contribution in [1.82, 2.24) is 5.32 Å². The van der Waals surface area contributed by atoms with E-state index < -0.39 is 0 Å². The van der Waals surface area contributed by atoms with Crippen molar-refractivity contribution in [2.24, 2.45) is 5.92 Å². The van der Waals surface area contributed by atoms with Crippen LogP contribution in [0.4, 0.5) is 0 Å². The first kappa shape index (κ1) is 10.0. The molecule has 0 aromatic carbocycles. The van der Waals surface area contributed by atoms with Gasteiger partial charge in [-0.25, -0.2) is 0 Å². The monoisotopic (exact) mass is 171 g/mol. The van der Waals surface area contributed by atoms with Crippen LogP contribution in [0.2, 0.25) is 0 Å². The molecule has 0 radical (unpaired) electrons. The number of rotatable bonds is 6. The van der Waals surface area contributed by atoms with Crippen molar-refractivity contribution < 1.29 is 5.11 Å². The van der Waals surface area contributed by atoms with Gasteiger partial charge in [0.2, 0.25) is 0 Å². The summed E-state index contributed by atoms with van der Waals surface area (Å²) in [4.78, 5) is 0. The minimum Gasteiger partial charge on any atom is -0.395 e. The molecule has 0 amide bonds. The van der Waals surface area contributed by atoms with Crippen molar-refractivity contribution in [3.8, 4) is 0 Å². The summed E-state index contributed by atoms with van der Waals surface area (Å²) in [6, 6.07) is 0.270. The predicted molar refractivity (Wildman–Crippen MR) is 51.1 cm³/mol. The van der Waals surface area contributed by atoms with Gasteiger partial charge in [0.1, 0.15) is 0 Å². The van der Waals surface area contributed by atoms with E-state index in [2.05, 4.69) is 5.32 Å². The second kappa shape index (κ2) is 5.55. The normalized spacial score (nSPS) is 20.5. The lowest BCUT2D eigenvalue weighted by atomic mass is 9.82. The van der Waals surface area contributed by atoms with E-state index in [0.717, 1.165) is 12.5 Å². The Morgan fingerprint density at radius 1 is 1.50 bits per heavy atom. The molecule has 1 fully saturated rings. The highest BCUT2D eigenvalue weighted by molar-refractivity contribution is 4.70. The molecule has 1 atom stereocenters. The number of aliphatic hydroxyl groups is 1. The van der Waals surface area contributed by atoms with Crippen LogP contribution in [0.1, 0.15) is 39.0 Å². The molecule has 0 bridgehead atoms. The van der Waals surface area contributed by atoms with Crippen LogP contribution in [0.25, 0.3) is 0 Å². The summed E-state index contributed by atoms with van der Waals surface area (Å²) in [7, 11) is 0. The fourth-order valence-corrected chi connectivity index (χ4v) is 1.59. The van der Waals surface area contributed by atoms with E-state index in [1.54, 1.807) is 0 Å². The molecule has 0 heterocycles. The van der Waals surface area contributed by atoms with Crippen LogP contribution in [-0.4, -0.2) is 24.3 Å². The largest absolute Gasteiger partial charge is 0.395 e. The Bertz CT molecular complexity index is 106. The highest BCUT2D eigenvalue weighted by Gasteiger charge is 2.16. The van der Waals surface area contributed by atoms with Crippen molar-refractivity contribution >= 4 is 0 Å². The Morgan fingerprint density at radius 2 is 2.25 bits per heavy atom. The van der Waals surface area contributed by atoms with Crippen molar-refractivity contribution in [3.63, 3.8) is 0 Å². The Hall–Kier alpha value is -0.0800. The predicted octanol–water partition coefficient (Wildman–Crippen LogP) is 1.54. The summed E-state index contributed by atoms with van der Waals surface area (Å²) in [5.41, 5.74) is 0. The van der Waals surface area contributed by atoms with Crippen LogP contribution in [0, 0.1) is 5.92 Å². The standard InChI is InChI=1S/C10H21NO/c1-9(8-12)11-7-3-6-10-4-2-5-10/h9-12H,2-8H2,1H3/t9-/m1/s1. The van der Waals surface area contributed by atoms with E-state index >= 15 is 0 Å². The second-order valence-corrected chi connectivity index (χ2v) is 3.98. The third-order valence-electron chi connectivity index (χ3n) is 2.78. The summed E-state index contributed by atoms with van der Waals surface area (Å²) in [6.07, 6.45) is 7.01. The lowest BCUT2D eigenvalue weighted by Gasteiger charge is -2.25. The summed E-state index contributed by atoms with van der Waals surface area (Å²) in [5, 5.41) is 12.0. The minimum atomic E-state index is 0.253. The SMILES string of the molecule is C[C@H](CO)NCCCC1CCC1. The summed E-state index contributed by atoms with van der Waals surface area (Å²) in [5.74, 6) is 1.02. The van der Waals surface area contributed by atoms with E-state index in [1.807, 2.05) is 6.92 Å². The van der Waals surface area contributed by atoms with Gasteiger partial charge in [-0.1, -0.05) is 19.3 Å². The van der Waals surface area contributed by atoms with Gasteiger partial charge in [0.15, 0.2) is 0 Å². The van der Waals surface area contributed by atoms with Crippen molar-refractivity contribution in [2.45, 2.75) is 45.1 Å². The summed E-state index contributed by atoms with van der Waals surface area (Å²) < 4.78 is 0. The first-order valence-electron chi connectivity index (χ1n) is 5.17. The summed E-state index contributed by atoms with van der Waals surface area (Å²) >= 11 is 0. The van der Waals surface area contributed by atoms with Crippen LogP contribution in [0.3, 0.4) is 0 Å². The van der Waals surface area contributed by atoms with Crippen LogP contribution in [-0.2, 0) is 0 Å². The molecule has 0 unspecified atom stereocenters. The highest BCUT2D eigenvalue weighted by Crippen LogP contribution is 2.29. The molecule has 72 valence electrons. The topological polar surface area (TPSA) is 32.3 Å². The zero-order valence-electron chi connectivity index (χ0n) is 8.05. The lowest BCUT2D eigenvalue weighted by Crippen LogP contribution is -2.30. The van der Waals surface area contributed by atoms with E-state index in [-0.39, 0.29) is 12.6 Å². The second-order valence-electron chi connectivity index (χ2n) is 3.98. The van der Waals surface area contributed by atoms with Gasteiger partial charge in [-0.3, -0.25) is 0 Å². The molecular formula is C10H21NO. The molecule has 12 heavy (non-hydrogen) atoms. The first-order chi connectivity index (χ1) is 5.83. The molecule has 2 heteroatoms. The number of aliphatic hydroxyl groups excluding tert-OH is 1. The average molecular weight is 171 g/mol. The molecule has 0 saturated heterocycles. The van der Waals surface area contributed by atoms with Crippen molar-refractivity contribution in [2.75, 3.05) is 13.2 Å². The molecule has 0 spiro atoms. The fourth-order valence-electron chi connectivity index (χ4n) is 1.59. The van der Waals surface area contributed by atoms with E-state index in [4.69, 9.17) is 5.11 Å². The van der Waals surface area contributed by atoms with Gasteiger partial charge in [-0.05, 0) is 32.2 Å². The lowest BCUT2D eigenvalue weighted by molar-refractivity contribution is 0.246. The molecule has 1 aliphatic rings. The molecule has 2 nitrogen and oxygen atoms in total. The van der Waals surface area contributed by atoms with Gasteiger partial charge in [0, 0.05) is 6.04 Å². The summed E-state index contributed by atoms with van der Waals surface area (Å²) in [6.45, 7) is 3.34. The van der Waals surface area contributed by atoms with Crippen LogP contribution < -0.4 is 5.32 Å². The molecule has 1 aliphatic carbocycles. The van der Waals surface area contributed by atoms with Gasteiger partial charge < -0.3 is 10.4 Å². The number of nitrogens with one attached hydrogen (secondary N) is 1. The highest BCUT2D eigenvalue weighted by atomic mass is 16.3. The smallest absolute Gasteiger partial charge is 0.0581 e. The van der Waals surface area contributed by atoms with Crippen LogP contribution in [0.5, 0.6) is 0 Å². The molecule has 0 aliphatic heterocycles. The molecule has 0 aromatic heterocycles. The molecule has 1 rings (SSSR count). The molecular weight excluding hydrogens is 150 g/mol. The maximum absolute atomic E-state index is 8.74. The fraction of sp³-hybridized carbons (Fsp3) is 1.00. The number of hydrogen-bond acceptors (Lipinski definition) is 2. The molecule has 0 aromatic rings. The molecule has 1 saturated carbocycles. The van der Waals surface area contributed by atoms with Crippen molar-refractivity contribution in [1.29, 1.82) is 0 Å². The Morgan fingerprint density at radius 3 is 2.75 bits per heavy atom. The van der Waals surface area contributed by atoms with Gasteiger partial charge in [0.05, 0.1) is 6.61 Å². The Kier molecular flexibility index (Phi) is 4.62. The van der Waals surface area contributed by atoms with Gasteiger partial charge in [-0.2, -0.15) is 0 Å². The van der Waals surface area contributed by atoms with Crippen LogP contribution in [0.15, 0.2) is 0 Å². The maximum Gasteiger partial charge on any atom is 0.0581 e. The third kappa shape index (κ3) is 3.55. The van der Waals surface area contributed by atoms with Gasteiger partial charge in [0.25, 0.3) is 0 Å².